The molecule has 1 aromatic carbocycles. The molecule has 0 aliphatic rings. The van der Waals surface area contributed by atoms with Crippen molar-refractivity contribution in [2.24, 2.45) is 0 Å². The van der Waals surface area contributed by atoms with Crippen LogP contribution in [0.1, 0.15) is 0 Å². The summed E-state index contributed by atoms with van der Waals surface area (Å²) in [5.41, 5.74) is 8.18. The van der Waals surface area contributed by atoms with Gasteiger partial charge in [-0.2, -0.15) is 5.10 Å². The van der Waals surface area contributed by atoms with Gasteiger partial charge in [0.1, 0.15) is 0 Å². The summed E-state index contributed by atoms with van der Waals surface area (Å²) in [5, 5.41) is 16.9. The minimum absolute atomic E-state index is 0.0178. The van der Waals surface area contributed by atoms with Gasteiger partial charge < -0.3 is 10.6 Å². The van der Waals surface area contributed by atoms with E-state index in [2.05, 4.69) is 25.1 Å². The number of nitrogen functional groups attached to an aromatic ring is 1. The van der Waals surface area contributed by atoms with E-state index < -0.39 is 0 Å². The second-order valence-corrected chi connectivity index (χ2v) is 4.64. The zero-order valence-electron chi connectivity index (χ0n) is 10.4. The van der Waals surface area contributed by atoms with Crippen molar-refractivity contribution < 1.29 is 10.1 Å². The number of aromatic amines is 1. The van der Waals surface area contributed by atoms with Crippen LogP contribution < -0.4 is 16.2 Å². The quantitative estimate of drug-likeness (QED) is 0.357. The van der Waals surface area contributed by atoms with Gasteiger partial charge in [0.2, 0.25) is 0 Å². The number of rotatable bonds is 2. The van der Waals surface area contributed by atoms with Crippen LogP contribution in [0.4, 0.5) is 5.82 Å². The minimum Gasteiger partial charge on any atom is -0.379 e. The van der Waals surface area contributed by atoms with Gasteiger partial charge in [-0.05, 0) is 12.1 Å². The van der Waals surface area contributed by atoms with E-state index in [0.29, 0.717) is 16.3 Å². The molecule has 9 heteroatoms. The Bertz CT molecular complexity index is 807. The van der Waals surface area contributed by atoms with Crippen molar-refractivity contribution in [2.75, 3.05) is 5.73 Å². The molecule has 2 aromatic heterocycles. The first-order valence-corrected chi connectivity index (χ1v) is 6.06. The number of hydrogen-bond donors (Lipinski definition) is 3. The molecule has 0 amide bonds. The molecule has 3 rings (SSSR count). The van der Waals surface area contributed by atoms with E-state index >= 15 is 0 Å². The fourth-order valence-electron chi connectivity index (χ4n) is 2.01. The van der Waals surface area contributed by atoms with Crippen LogP contribution >= 0.6 is 11.6 Å². The zero-order valence-corrected chi connectivity index (χ0v) is 11.1. The predicted octanol–water partition coefficient (Wildman–Crippen LogP) is 0.366. The molecule has 0 bridgehead atoms. The summed E-state index contributed by atoms with van der Waals surface area (Å²) in [4.78, 5) is 12.3. The largest absolute Gasteiger partial charge is 0.379 e. The van der Waals surface area contributed by atoms with Crippen molar-refractivity contribution in [2.45, 2.75) is 0 Å². The first kappa shape index (κ1) is 12.7. The van der Waals surface area contributed by atoms with Crippen molar-refractivity contribution in [1.82, 2.24) is 20.2 Å². The summed E-state index contributed by atoms with van der Waals surface area (Å²) in [6.45, 7) is 0. The molecule has 100 valence electrons. The van der Waals surface area contributed by atoms with Gasteiger partial charge in [0.15, 0.2) is 13.7 Å². The van der Waals surface area contributed by atoms with Crippen molar-refractivity contribution in [3.05, 3.63) is 23.4 Å². The van der Waals surface area contributed by atoms with Crippen LogP contribution in [0.25, 0.3) is 22.2 Å². The van der Waals surface area contributed by atoms with Crippen LogP contribution in [0, 0.1) is 0 Å². The molecule has 0 spiro atoms. The highest BCUT2D eigenvalue weighted by molar-refractivity contribution is 6.36. The SMILES string of the molecule is Bc1nc(N)c(OO)nc1-c1cc(Cl)c2[nH]ncc2c1. The van der Waals surface area contributed by atoms with Crippen LogP contribution in [0.3, 0.4) is 0 Å². The number of nitrogens with one attached hydrogen (secondary N) is 1. The molecule has 0 saturated heterocycles. The monoisotopic (exact) mass is 289 g/mol. The summed E-state index contributed by atoms with van der Waals surface area (Å²) < 4.78 is 0. The molecular formula is C11H9BClN5O2. The predicted molar refractivity (Wildman–Crippen MR) is 78.0 cm³/mol. The van der Waals surface area contributed by atoms with Gasteiger partial charge in [-0.1, -0.05) is 11.6 Å². The Kier molecular flexibility index (Phi) is 2.96. The van der Waals surface area contributed by atoms with Gasteiger partial charge in [-0.25, -0.2) is 15.2 Å². The molecule has 0 saturated carbocycles. The van der Waals surface area contributed by atoms with Crippen molar-refractivity contribution in [1.29, 1.82) is 0 Å². The number of H-pyrrole nitrogens is 1. The lowest BCUT2D eigenvalue weighted by Crippen LogP contribution is -2.17. The van der Waals surface area contributed by atoms with Crippen LogP contribution in [0.15, 0.2) is 18.3 Å². The number of nitrogens with two attached hydrogens (primary N) is 1. The third kappa shape index (κ3) is 1.95. The average molecular weight is 289 g/mol. The van der Waals surface area contributed by atoms with E-state index in [-0.39, 0.29) is 11.7 Å². The molecule has 0 fully saturated rings. The number of halogens is 1. The Morgan fingerprint density at radius 2 is 2.15 bits per heavy atom. The Hall–Kier alpha value is -2.32. The standard InChI is InChI=1S/C11H9BClN5O2/c12-9-8(16-11(20-19)10(14)17-9)4-1-5-3-15-18-7(5)6(13)2-4/h1-3,19H,12H2,(H2,14,17)(H,15,18). The van der Waals surface area contributed by atoms with Crippen molar-refractivity contribution in [3.8, 4) is 17.1 Å². The molecule has 4 N–H and O–H groups in total. The Morgan fingerprint density at radius 3 is 2.90 bits per heavy atom. The molecule has 0 atom stereocenters. The lowest BCUT2D eigenvalue weighted by atomic mass is 9.96. The molecule has 2 heterocycles. The third-order valence-electron chi connectivity index (χ3n) is 2.92. The normalized spacial score (nSPS) is 10.9. The zero-order chi connectivity index (χ0) is 14.3. The molecule has 0 aliphatic carbocycles. The maximum absolute atomic E-state index is 8.75. The maximum atomic E-state index is 8.75. The summed E-state index contributed by atoms with van der Waals surface area (Å²) >= 11 is 6.19. The Morgan fingerprint density at radius 1 is 1.35 bits per heavy atom. The third-order valence-corrected chi connectivity index (χ3v) is 3.22. The lowest BCUT2D eigenvalue weighted by molar-refractivity contribution is -0.141. The highest BCUT2D eigenvalue weighted by Crippen LogP contribution is 2.29. The number of hydrogen-bond acceptors (Lipinski definition) is 6. The topological polar surface area (TPSA) is 110 Å². The molecule has 3 aromatic rings. The molecular weight excluding hydrogens is 280 g/mol. The van der Waals surface area contributed by atoms with Gasteiger partial charge in [0.25, 0.3) is 5.88 Å². The van der Waals surface area contributed by atoms with E-state index in [0.717, 1.165) is 16.5 Å². The summed E-state index contributed by atoms with van der Waals surface area (Å²) in [6, 6.07) is 3.59. The van der Waals surface area contributed by atoms with E-state index in [1.165, 1.54) is 0 Å². The number of fused-ring (bicyclic) bond motifs is 1. The molecule has 0 radical (unpaired) electrons. The number of nitrogens with zero attached hydrogens (tertiary/aromatic N) is 3. The highest BCUT2D eigenvalue weighted by Gasteiger charge is 2.14. The molecule has 20 heavy (non-hydrogen) atoms. The fourth-order valence-corrected chi connectivity index (χ4v) is 2.28. The second-order valence-electron chi connectivity index (χ2n) is 4.23. The van der Waals surface area contributed by atoms with Gasteiger partial charge in [0, 0.05) is 16.5 Å². The van der Waals surface area contributed by atoms with E-state index in [1.807, 2.05) is 6.07 Å². The molecule has 0 unspecified atom stereocenters. The van der Waals surface area contributed by atoms with Crippen LogP contribution in [-0.2, 0) is 0 Å². The van der Waals surface area contributed by atoms with Crippen LogP contribution in [-0.4, -0.2) is 33.3 Å². The summed E-state index contributed by atoms with van der Waals surface area (Å²) in [5.74, 6) is -0.127. The van der Waals surface area contributed by atoms with Gasteiger partial charge in [-0.15, -0.1) is 0 Å². The first-order chi connectivity index (χ1) is 9.60. The van der Waals surface area contributed by atoms with Crippen molar-refractivity contribution in [3.63, 3.8) is 0 Å². The van der Waals surface area contributed by atoms with Crippen molar-refractivity contribution >= 4 is 41.8 Å². The maximum Gasteiger partial charge on any atom is 0.298 e. The van der Waals surface area contributed by atoms with E-state index in [1.54, 1.807) is 20.1 Å². The van der Waals surface area contributed by atoms with Gasteiger partial charge in [-0.3, -0.25) is 5.10 Å². The first-order valence-electron chi connectivity index (χ1n) is 5.68. The van der Waals surface area contributed by atoms with Crippen LogP contribution in [0.2, 0.25) is 5.02 Å². The van der Waals surface area contributed by atoms with Gasteiger partial charge in [0.05, 0.1) is 22.4 Å². The Balaban J connectivity index is 2.24. The number of benzene rings is 1. The fraction of sp³-hybridized carbons (Fsp3) is 0. The minimum atomic E-state index is -0.144. The molecule has 7 nitrogen and oxygen atoms in total. The summed E-state index contributed by atoms with van der Waals surface area (Å²) in [7, 11) is 1.76. The number of aromatic nitrogens is 4. The smallest absolute Gasteiger partial charge is 0.298 e. The van der Waals surface area contributed by atoms with E-state index in [9.17, 15) is 0 Å². The number of anilines is 1. The lowest BCUT2D eigenvalue weighted by Gasteiger charge is -2.09. The van der Waals surface area contributed by atoms with Crippen LogP contribution in [0.5, 0.6) is 5.88 Å². The van der Waals surface area contributed by atoms with Gasteiger partial charge >= 0.3 is 0 Å². The van der Waals surface area contributed by atoms with E-state index in [4.69, 9.17) is 22.6 Å². The Labute approximate surface area is 119 Å². The highest BCUT2D eigenvalue weighted by atomic mass is 35.5. The second kappa shape index (κ2) is 4.66. The summed E-state index contributed by atoms with van der Waals surface area (Å²) in [6.07, 6.45) is 1.66. The average Bonchev–Trinajstić information content (AvgIpc) is 2.87. The molecule has 0 aliphatic heterocycles.